The highest BCUT2D eigenvalue weighted by Gasteiger charge is 2.15. The van der Waals surface area contributed by atoms with Crippen molar-refractivity contribution in [2.45, 2.75) is 13.0 Å². The SMILES string of the molecule is Oc1ccc(Br)c(CN2CCC2)c1. The average Bonchev–Trinajstić information content (AvgIpc) is 2.03. The van der Waals surface area contributed by atoms with Gasteiger partial charge in [-0.15, -0.1) is 0 Å². The van der Waals surface area contributed by atoms with Crippen LogP contribution in [0.15, 0.2) is 22.7 Å². The molecule has 1 N–H and O–H groups in total. The number of halogens is 1. The molecule has 0 amide bonds. The number of aromatic hydroxyl groups is 1. The number of benzene rings is 1. The first-order valence-corrected chi connectivity index (χ1v) is 5.25. The van der Waals surface area contributed by atoms with Crippen LogP contribution in [0.4, 0.5) is 0 Å². The zero-order chi connectivity index (χ0) is 9.26. The van der Waals surface area contributed by atoms with Gasteiger partial charge >= 0.3 is 0 Å². The standard InChI is InChI=1S/C10H12BrNO/c11-10-3-2-9(13)6-8(10)7-12-4-1-5-12/h2-3,6,13H,1,4-5,7H2. The van der Waals surface area contributed by atoms with Gasteiger partial charge in [-0.2, -0.15) is 0 Å². The van der Waals surface area contributed by atoms with E-state index in [1.165, 1.54) is 25.1 Å². The molecule has 3 heteroatoms. The summed E-state index contributed by atoms with van der Waals surface area (Å²) in [5.41, 5.74) is 1.17. The Kier molecular flexibility index (Phi) is 2.56. The minimum atomic E-state index is 0.346. The van der Waals surface area contributed by atoms with Gasteiger partial charge in [0, 0.05) is 11.0 Å². The first kappa shape index (κ1) is 9.03. The Balaban J connectivity index is 2.13. The van der Waals surface area contributed by atoms with E-state index < -0.39 is 0 Å². The molecule has 1 aliphatic heterocycles. The van der Waals surface area contributed by atoms with E-state index >= 15 is 0 Å². The van der Waals surface area contributed by atoms with E-state index in [4.69, 9.17) is 0 Å². The zero-order valence-electron chi connectivity index (χ0n) is 7.33. The molecule has 70 valence electrons. The number of hydrogen-bond donors (Lipinski definition) is 1. The van der Waals surface area contributed by atoms with Crippen LogP contribution in [0, 0.1) is 0 Å². The van der Waals surface area contributed by atoms with Gasteiger partial charge in [-0.1, -0.05) is 15.9 Å². The molecule has 0 radical (unpaired) electrons. The summed E-state index contributed by atoms with van der Waals surface area (Å²) >= 11 is 3.47. The zero-order valence-corrected chi connectivity index (χ0v) is 8.92. The van der Waals surface area contributed by atoms with Gasteiger partial charge in [-0.3, -0.25) is 4.90 Å². The van der Waals surface area contributed by atoms with Gasteiger partial charge in [0.2, 0.25) is 0 Å². The van der Waals surface area contributed by atoms with Gasteiger partial charge in [0.05, 0.1) is 0 Å². The van der Waals surface area contributed by atoms with Gasteiger partial charge < -0.3 is 5.11 Å². The summed E-state index contributed by atoms with van der Waals surface area (Å²) in [4.78, 5) is 2.36. The third-order valence-corrected chi connectivity index (χ3v) is 3.15. The summed E-state index contributed by atoms with van der Waals surface area (Å²) < 4.78 is 1.08. The molecule has 13 heavy (non-hydrogen) atoms. The Labute approximate surface area is 86.3 Å². The normalized spacial score (nSPS) is 17.0. The predicted molar refractivity (Wildman–Crippen MR) is 55.7 cm³/mol. The fraction of sp³-hybridized carbons (Fsp3) is 0.400. The van der Waals surface area contributed by atoms with Crippen molar-refractivity contribution in [3.05, 3.63) is 28.2 Å². The van der Waals surface area contributed by atoms with Crippen molar-refractivity contribution in [2.75, 3.05) is 13.1 Å². The number of hydrogen-bond acceptors (Lipinski definition) is 2. The Hall–Kier alpha value is -0.540. The number of phenols is 1. The number of nitrogens with zero attached hydrogens (tertiary/aromatic N) is 1. The molecule has 1 aromatic rings. The summed E-state index contributed by atoms with van der Waals surface area (Å²) in [6, 6.07) is 5.41. The van der Waals surface area contributed by atoms with Crippen LogP contribution in [-0.2, 0) is 6.54 Å². The molecule has 0 spiro atoms. The summed E-state index contributed by atoms with van der Waals surface area (Å²) in [6.07, 6.45) is 1.30. The Morgan fingerprint density at radius 2 is 2.15 bits per heavy atom. The second-order valence-corrected chi connectivity index (χ2v) is 4.26. The second-order valence-electron chi connectivity index (χ2n) is 3.41. The summed E-state index contributed by atoms with van der Waals surface area (Å²) in [7, 11) is 0. The fourth-order valence-corrected chi connectivity index (χ4v) is 1.84. The average molecular weight is 242 g/mol. The molecular weight excluding hydrogens is 230 g/mol. The third kappa shape index (κ3) is 2.03. The molecule has 2 rings (SSSR count). The highest BCUT2D eigenvalue weighted by atomic mass is 79.9. The largest absolute Gasteiger partial charge is 0.508 e. The van der Waals surface area contributed by atoms with Crippen molar-refractivity contribution in [3.63, 3.8) is 0 Å². The lowest BCUT2D eigenvalue weighted by Crippen LogP contribution is -2.36. The Morgan fingerprint density at radius 1 is 1.38 bits per heavy atom. The van der Waals surface area contributed by atoms with E-state index in [1.54, 1.807) is 6.07 Å². The first-order valence-electron chi connectivity index (χ1n) is 4.45. The molecule has 0 saturated carbocycles. The van der Waals surface area contributed by atoms with Crippen LogP contribution in [-0.4, -0.2) is 23.1 Å². The molecule has 0 bridgehead atoms. The molecule has 1 aliphatic rings. The molecule has 1 aromatic carbocycles. The van der Waals surface area contributed by atoms with Gasteiger partial charge in [0.1, 0.15) is 5.75 Å². The molecule has 0 aromatic heterocycles. The molecule has 0 atom stereocenters. The van der Waals surface area contributed by atoms with E-state index in [-0.39, 0.29) is 0 Å². The second kappa shape index (κ2) is 3.68. The summed E-state index contributed by atoms with van der Waals surface area (Å²) in [5, 5.41) is 9.30. The van der Waals surface area contributed by atoms with Gasteiger partial charge in [0.25, 0.3) is 0 Å². The molecule has 1 heterocycles. The predicted octanol–water partition coefficient (Wildman–Crippen LogP) is 2.36. The van der Waals surface area contributed by atoms with Crippen molar-refractivity contribution in [2.24, 2.45) is 0 Å². The van der Waals surface area contributed by atoms with E-state index in [0.29, 0.717) is 5.75 Å². The third-order valence-electron chi connectivity index (χ3n) is 2.37. The molecule has 0 aliphatic carbocycles. The molecule has 0 unspecified atom stereocenters. The van der Waals surface area contributed by atoms with Gasteiger partial charge in [-0.25, -0.2) is 0 Å². The van der Waals surface area contributed by atoms with Crippen LogP contribution in [0.25, 0.3) is 0 Å². The smallest absolute Gasteiger partial charge is 0.115 e. The molecule has 2 nitrogen and oxygen atoms in total. The summed E-state index contributed by atoms with van der Waals surface area (Å²) in [6.45, 7) is 3.30. The number of rotatable bonds is 2. The van der Waals surface area contributed by atoms with Crippen molar-refractivity contribution < 1.29 is 5.11 Å². The van der Waals surface area contributed by atoms with Crippen LogP contribution in [0.5, 0.6) is 5.75 Å². The van der Waals surface area contributed by atoms with E-state index in [9.17, 15) is 5.11 Å². The van der Waals surface area contributed by atoms with Crippen molar-refractivity contribution in [1.82, 2.24) is 4.90 Å². The highest BCUT2D eigenvalue weighted by molar-refractivity contribution is 9.10. The van der Waals surface area contributed by atoms with Crippen molar-refractivity contribution in [3.8, 4) is 5.75 Å². The van der Waals surface area contributed by atoms with Crippen molar-refractivity contribution in [1.29, 1.82) is 0 Å². The maximum absolute atomic E-state index is 9.30. The Bertz CT molecular complexity index is 310. The monoisotopic (exact) mass is 241 g/mol. The van der Waals surface area contributed by atoms with Crippen LogP contribution < -0.4 is 0 Å². The topological polar surface area (TPSA) is 23.5 Å². The quantitative estimate of drug-likeness (QED) is 0.860. The summed E-state index contributed by atoms with van der Waals surface area (Å²) in [5.74, 6) is 0.346. The Morgan fingerprint density at radius 3 is 2.77 bits per heavy atom. The van der Waals surface area contributed by atoms with Crippen LogP contribution in [0.3, 0.4) is 0 Å². The van der Waals surface area contributed by atoms with Crippen LogP contribution >= 0.6 is 15.9 Å². The van der Waals surface area contributed by atoms with E-state index in [1.807, 2.05) is 12.1 Å². The highest BCUT2D eigenvalue weighted by Crippen LogP contribution is 2.24. The number of phenolic OH excluding ortho intramolecular Hbond substituents is 1. The van der Waals surface area contributed by atoms with E-state index in [2.05, 4.69) is 20.8 Å². The fourth-order valence-electron chi connectivity index (χ4n) is 1.46. The maximum Gasteiger partial charge on any atom is 0.115 e. The minimum Gasteiger partial charge on any atom is -0.508 e. The lowest BCUT2D eigenvalue weighted by atomic mass is 10.1. The van der Waals surface area contributed by atoms with Crippen molar-refractivity contribution >= 4 is 15.9 Å². The van der Waals surface area contributed by atoms with Gasteiger partial charge in [-0.05, 0) is 43.3 Å². The molecule has 1 saturated heterocycles. The molecule has 1 fully saturated rings. The first-order chi connectivity index (χ1) is 6.25. The number of likely N-dealkylation sites (tertiary alicyclic amines) is 1. The van der Waals surface area contributed by atoms with E-state index in [0.717, 1.165) is 11.0 Å². The van der Waals surface area contributed by atoms with Crippen LogP contribution in [0.1, 0.15) is 12.0 Å². The molecular formula is C10H12BrNO. The van der Waals surface area contributed by atoms with Crippen LogP contribution in [0.2, 0.25) is 0 Å². The minimum absolute atomic E-state index is 0.346. The lowest BCUT2D eigenvalue weighted by Gasteiger charge is -2.30. The maximum atomic E-state index is 9.30. The van der Waals surface area contributed by atoms with Gasteiger partial charge in [0.15, 0.2) is 0 Å². The lowest BCUT2D eigenvalue weighted by molar-refractivity contribution is 0.172.